The molecule has 0 aliphatic heterocycles. The van der Waals surface area contributed by atoms with Crippen LogP contribution in [-0.2, 0) is 6.18 Å². The minimum absolute atomic E-state index is 0.00104. The number of aromatic nitrogens is 2. The van der Waals surface area contributed by atoms with Crippen LogP contribution >= 0.6 is 11.6 Å². The van der Waals surface area contributed by atoms with Crippen LogP contribution < -0.4 is 10.6 Å². The zero-order chi connectivity index (χ0) is 19.4. The highest BCUT2D eigenvalue weighted by atomic mass is 35.5. The lowest BCUT2D eigenvalue weighted by atomic mass is 10.1. The number of carbonyl (C=O) groups excluding carboxylic acids is 1. The summed E-state index contributed by atoms with van der Waals surface area (Å²) in [4.78, 5) is 20.1. The molecule has 0 fully saturated rings. The second-order valence-corrected chi connectivity index (χ2v) is 5.83. The van der Waals surface area contributed by atoms with Crippen molar-refractivity contribution < 1.29 is 18.0 Å². The predicted octanol–water partition coefficient (Wildman–Crippen LogP) is 5.14. The number of rotatable bonds is 4. The molecular formula is C18H12ClF3N4O. The Balaban J connectivity index is 1.84. The first-order chi connectivity index (χ1) is 12.8. The molecule has 0 spiro atoms. The number of benzene rings is 2. The van der Waals surface area contributed by atoms with Gasteiger partial charge in [-0.3, -0.25) is 4.79 Å². The molecule has 5 nitrogen and oxygen atoms in total. The van der Waals surface area contributed by atoms with E-state index < -0.39 is 17.6 Å². The van der Waals surface area contributed by atoms with Crippen molar-refractivity contribution in [2.24, 2.45) is 0 Å². The van der Waals surface area contributed by atoms with Gasteiger partial charge in [0.05, 0.1) is 11.3 Å². The van der Waals surface area contributed by atoms with Gasteiger partial charge in [0, 0.05) is 16.9 Å². The van der Waals surface area contributed by atoms with Gasteiger partial charge >= 0.3 is 6.18 Å². The Hall–Kier alpha value is -3.13. The maximum absolute atomic E-state index is 13.2. The normalized spacial score (nSPS) is 11.1. The molecule has 3 rings (SSSR count). The Morgan fingerprint density at radius 3 is 2.48 bits per heavy atom. The highest BCUT2D eigenvalue weighted by Crippen LogP contribution is 2.37. The van der Waals surface area contributed by atoms with Crippen molar-refractivity contribution in [3.63, 3.8) is 0 Å². The van der Waals surface area contributed by atoms with Gasteiger partial charge in [0.25, 0.3) is 5.91 Å². The Kier molecular flexibility index (Phi) is 5.27. The molecule has 0 aliphatic rings. The molecule has 0 atom stereocenters. The Morgan fingerprint density at radius 2 is 1.78 bits per heavy atom. The monoisotopic (exact) mass is 392 g/mol. The molecule has 2 aromatic carbocycles. The molecule has 138 valence electrons. The number of nitrogens with zero attached hydrogens (tertiary/aromatic N) is 2. The summed E-state index contributed by atoms with van der Waals surface area (Å²) in [6, 6.07) is 13.3. The molecule has 9 heteroatoms. The molecular weight excluding hydrogens is 381 g/mol. The summed E-state index contributed by atoms with van der Waals surface area (Å²) < 4.78 is 39.5. The molecule has 1 amide bonds. The van der Waals surface area contributed by atoms with Crippen molar-refractivity contribution in [2.75, 3.05) is 10.6 Å². The molecule has 27 heavy (non-hydrogen) atoms. The van der Waals surface area contributed by atoms with Crippen LogP contribution in [0.2, 0.25) is 5.02 Å². The van der Waals surface area contributed by atoms with Gasteiger partial charge in [-0.05, 0) is 36.4 Å². The van der Waals surface area contributed by atoms with Crippen LogP contribution in [0, 0.1) is 0 Å². The van der Waals surface area contributed by atoms with E-state index in [1.54, 1.807) is 30.3 Å². The third-order valence-electron chi connectivity index (χ3n) is 3.45. The molecule has 2 N–H and O–H groups in total. The molecule has 1 heterocycles. The van der Waals surface area contributed by atoms with Gasteiger partial charge in [0.1, 0.15) is 5.69 Å². The van der Waals surface area contributed by atoms with Gasteiger partial charge in [0.15, 0.2) is 0 Å². The summed E-state index contributed by atoms with van der Waals surface area (Å²) in [6.45, 7) is 0. The Bertz CT molecular complexity index is 964. The van der Waals surface area contributed by atoms with Gasteiger partial charge in [-0.25, -0.2) is 9.97 Å². The van der Waals surface area contributed by atoms with Crippen LogP contribution in [0.25, 0.3) is 0 Å². The average molecular weight is 393 g/mol. The first-order valence-electron chi connectivity index (χ1n) is 7.66. The zero-order valence-electron chi connectivity index (χ0n) is 13.6. The molecule has 3 aromatic rings. The Labute approximate surface area is 157 Å². The minimum Gasteiger partial charge on any atom is -0.324 e. The van der Waals surface area contributed by atoms with Crippen molar-refractivity contribution in [1.29, 1.82) is 0 Å². The van der Waals surface area contributed by atoms with Crippen molar-refractivity contribution in [3.05, 3.63) is 77.1 Å². The van der Waals surface area contributed by atoms with Crippen LogP contribution in [-0.4, -0.2) is 15.9 Å². The first-order valence-corrected chi connectivity index (χ1v) is 8.04. The van der Waals surface area contributed by atoms with E-state index in [1.165, 1.54) is 24.4 Å². The summed E-state index contributed by atoms with van der Waals surface area (Å²) in [6.07, 6.45) is -3.34. The lowest BCUT2D eigenvalue weighted by Gasteiger charge is -2.14. The van der Waals surface area contributed by atoms with Gasteiger partial charge in [-0.2, -0.15) is 13.2 Å². The minimum atomic E-state index is -4.62. The molecule has 0 saturated carbocycles. The van der Waals surface area contributed by atoms with Crippen LogP contribution in [0.4, 0.5) is 30.5 Å². The maximum Gasteiger partial charge on any atom is 0.418 e. The first kappa shape index (κ1) is 18.7. The van der Waals surface area contributed by atoms with E-state index in [0.29, 0.717) is 5.69 Å². The van der Waals surface area contributed by atoms with Gasteiger partial charge < -0.3 is 10.6 Å². The van der Waals surface area contributed by atoms with Gasteiger partial charge in [0.2, 0.25) is 5.95 Å². The fourth-order valence-corrected chi connectivity index (χ4v) is 2.41. The number of alkyl halides is 3. The quantitative estimate of drug-likeness (QED) is 0.644. The highest BCUT2D eigenvalue weighted by Gasteiger charge is 2.34. The third kappa shape index (κ3) is 4.73. The molecule has 0 bridgehead atoms. The Morgan fingerprint density at radius 1 is 1.04 bits per heavy atom. The fourth-order valence-electron chi connectivity index (χ4n) is 2.24. The summed E-state index contributed by atoms with van der Waals surface area (Å²) >= 11 is 5.66. The van der Waals surface area contributed by atoms with Crippen molar-refractivity contribution in [2.45, 2.75) is 6.18 Å². The number of amides is 1. The number of halogens is 4. The van der Waals surface area contributed by atoms with Crippen LogP contribution in [0.5, 0.6) is 0 Å². The standard InChI is InChI=1S/C18H12ClF3N4O/c19-11-6-7-14(13(10-11)18(20,21)22)25-17-23-9-8-15(26-17)16(27)24-12-4-2-1-3-5-12/h1-10H,(H,24,27)(H,23,25,26). The molecule has 0 unspecified atom stereocenters. The average Bonchev–Trinajstić information content (AvgIpc) is 2.63. The van der Waals surface area contributed by atoms with E-state index in [9.17, 15) is 18.0 Å². The summed E-state index contributed by atoms with van der Waals surface area (Å²) in [5.41, 5.74) is -0.670. The second-order valence-electron chi connectivity index (χ2n) is 5.40. The summed E-state index contributed by atoms with van der Waals surface area (Å²) in [7, 11) is 0. The smallest absolute Gasteiger partial charge is 0.324 e. The molecule has 0 radical (unpaired) electrons. The summed E-state index contributed by atoms with van der Waals surface area (Å²) in [5, 5.41) is 5.07. The van der Waals surface area contributed by atoms with Crippen molar-refractivity contribution >= 4 is 34.8 Å². The van der Waals surface area contributed by atoms with E-state index in [0.717, 1.165) is 6.07 Å². The van der Waals surface area contributed by atoms with E-state index in [2.05, 4.69) is 20.6 Å². The summed E-state index contributed by atoms with van der Waals surface area (Å²) in [5.74, 6) is -0.665. The molecule has 1 aromatic heterocycles. The van der Waals surface area contributed by atoms with E-state index in [4.69, 9.17) is 11.6 Å². The van der Waals surface area contributed by atoms with Crippen molar-refractivity contribution in [3.8, 4) is 0 Å². The van der Waals surface area contributed by atoms with Crippen molar-refractivity contribution in [1.82, 2.24) is 9.97 Å². The number of carbonyl (C=O) groups is 1. The largest absolute Gasteiger partial charge is 0.418 e. The number of hydrogen-bond donors (Lipinski definition) is 2. The van der Waals surface area contributed by atoms with Crippen LogP contribution in [0.1, 0.15) is 16.1 Å². The number of nitrogens with one attached hydrogen (secondary N) is 2. The third-order valence-corrected chi connectivity index (χ3v) is 3.69. The molecule has 0 aliphatic carbocycles. The predicted molar refractivity (Wildman–Crippen MR) is 96.2 cm³/mol. The zero-order valence-corrected chi connectivity index (χ0v) is 14.3. The SMILES string of the molecule is O=C(Nc1ccccc1)c1ccnc(Nc2ccc(Cl)cc2C(F)(F)F)n1. The van der Waals surface area contributed by atoms with E-state index >= 15 is 0 Å². The van der Waals surface area contributed by atoms with E-state index in [1.807, 2.05) is 0 Å². The van der Waals surface area contributed by atoms with Crippen LogP contribution in [0.3, 0.4) is 0 Å². The fraction of sp³-hybridized carbons (Fsp3) is 0.0556. The lowest BCUT2D eigenvalue weighted by Crippen LogP contribution is -2.15. The topological polar surface area (TPSA) is 66.9 Å². The van der Waals surface area contributed by atoms with Gasteiger partial charge in [-0.15, -0.1) is 0 Å². The number of hydrogen-bond acceptors (Lipinski definition) is 4. The second kappa shape index (κ2) is 7.63. The molecule has 0 saturated heterocycles. The lowest BCUT2D eigenvalue weighted by molar-refractivity contribution is -0.136. The number of para-hydroxylation sites is 1. The highest BCUT2D eigenvalue weighted by molar-refractivity contribution is 6.30. The number of anilines is 3. The van der Waals surface area contributed by atoms with E-state index in [-0.39, 0.29) is 22.4 Å². The van der Waals surface area contributed by atoms with Gasteiger partial charge in [-0.1, -0.05) is 29.8 Å². The maximum atomic E-state index is 13.2. The van der Waals surface area contributed by atoms with Crippen LogP contribution in [0.15, 0.2) is 60.8 Å².